The Morgan fingerprint density at radius 1 is 1.53 bits per heavy atom. The number of nitro groups is 1. The fourth-order valence-electron chi connectivity index (χ4n) is 2.03. The van der Waals surface area contributed by atoms with E-state index in [1.54, 1.807) is 6.20 Å². The summed E-state index contributed by atoms with van der Waals surface area (Å²) in [6, 6.07) is 2.87. The van der Waals surface area contributed by atoms with E-state index in [1.807, 2.05) is 0 Å². The van der Waals surface area contributed by atoms with Gasteiger partial charge in [0.2, 0.25) is 0 Å². The normalized spacial score (nSPS) is 10.6. The molecule has 1 aromatic heterocycles. The molecule has 1 aromatic carbocycles. The number of aliphatic carboxylic acids is 1. The quantitative estimate of drug-likeness (QED) is 0.635. The number of methoxy groups -OCH3 is 1. The SMILES string of the molecule is COc1ccc([N+](=O)[O-])c2c(CCC(=O)O)c[nH]c12. The molecule has 0 atom stereocenters. The second-order valence-corrected chi connectivity index (χ2v) is 4.00. The first-order valence-corrected chi connectivity index (χ1v) is 5.57. The van der Waals surface area contributed by atoms with Crippen molar-refractivity contribution in [3.05, 3.63) is 34.0 Å². The van der Waals surface area contributed by atoms with Gasteiger partial charge in [0, 0.05) is 18.7 Å². The van der Waals surface area contributed by atoms with Gasteiger partial charge in [0.05, 0.1) is 22.9 Å². The number of H-pyrrole nitrogens is 1. The van der Waals surface area contributed by atoms with Crippen LogP contribution in [0.2, 0.25) is 0 Å². The summed E-state index contributed by atoms with van der Waals surface area (Å²) in [5, 5.41) is 20.1. The maximum Gasteiger partial charge on any atom is 0.303 e. The van der Waals surface area contributed by atoms with Crippen LogP contribution < -0.4 is 4.74 Å². The van der Waals surface area contributed by atoms with E-state index in [-0.39, 0.29) is 18.5 Å². The van der Waals surface area contributed by atoms with Crippen molar-refractivity contribution in [2.45, 2.75) is 12.8 Å². The summed E-state index contributed by atoms with van der Waals surface area (Å²) in [5.74, 6) is -0.456. The van der Waals surface area contributed by atoms with Gasteiger partial charge in [-0.15, -0.1) is 0 Å². The van der Waals surface area contributed by atoms with Gasteiger partial charge in [-0.2, -0.15) is 0 Å². The number of nitro benzene ring substituents is 1. The monoisotopic (exact) mass is 264 g/mol. The summed E-state index contributed by atoms with van der Waals surface area (Å²) >= 11 is 0. The van der Waals surface area contributed by atoms with Crippen LogP contribution in [0.3, 0.4) is 0 Å². The van der Waals surface area contributed by atoms with Crippen LogP contribution in [0.15, 0.2) is 18.3 Å². The molecule has 7 nitrogen and oxygen atoms in total. The predicted molar refractivity (Wildman–Crippen MR) is 67.5 cm³/mol. The molecule has 0 aliphatic rings. The molecule has 2 N–H and O–H groups in total. The molecule has 0 amide bonds. The number of fused-ring (bicyclic) bond motifs is 1. The van der Waals surface area contributed by atoms with Gasteiger partial charge in [-0.3, -0.25) is 14.9 Å². The summed E-state index contributed by atoms with van der Waals surface area (Å²) < 4.78 is 5.13. The highest BCUT2D eigenvalue weighted by molar-refractivity contribution is 5.96. The van der Waals surface area contributed by atoms with E-state index in [9.17, 15) is 14.9 Å². The number of hydrogen-bond acceptors (Lipinski definition) is 4. The second-order valence-electron chi connectivity index (χ2n) is 4.00. The fraction of sp³-hybridized carbons (Fsp3) is 0.250. The van der Waals surface area contributed by atoms with Gasteiger partial charge < -0.3 is 14.8 Å². The van der Waals surface area contributed by atoms with Crippen molar-refractivity contribution in [1.82, 2.24) is 4.98 Å². The van der Waals surface area contributed by atoms with Crippen LogP contribution in [0, 0.1) is 10.1 Å². The molecule has 2 rings (SSSR count). The van der Waals surface area contributed by atoms with Crippen molar-refractivity contribution in [3.8, 4) is 5.75 Å². The largest absolute Gasteiger partial charge is 0.495 e. The molecule has 2 aromatic rings. The van der Waals surface area contributed by atoms with Gasteiger partial charge in [-0.05, 0) is 18.1 Å². The number of benzene rings is 1. The van der Waals surface area contributed by atoms with Crippen LogP contribution in [-0.2, 0) is 11.2 Å². The Morgan fingerprint density at radius 2 is 2.26 bits per heavy atom. The Labute approximate surface area is 108 Å². The molecule has 0 saturated heterocycles. The van der Waals surface area contributed by atoms with Crippen molar-refractivity contribution in [2.75, 3.05) is 7.11 Å². The van der Waals surface area contributed by atoms with Crippen molar-refractivity contribution < 1.29 is 19.6 Å². The van der Waals surface area contributed by atoms with Crippen LogP contribution in [0.25, 0.3) is 10.9 Å². The zero-order valence-corrected chi connectivity index (χ0v) is 10.2. The number of hydrogen-bond donors (Lipinski definition) is 2. The smallest absolute Gasteiger partial charge is 0.303 e. The van der Waals surface area contributed by atoms with Crippen molar-refractivity contribution in [3.63, 3.8) is 0 Å². The van der Waals surface area contributed by atoms with Crippen molar-refractivity contribution >= 4 is 22.6 Å². The van der Waals surface area contributed by atoms with Crippen molar-refractivity contribution in [1.29, 1.82) is 0 Å². The highest BCUT2D eigenvalue weighted by Gasteiger charge is 2.20. The number of rotatable bonds is 5. The number of aromatic nitrogens is 1. The summed E-state index contributed by atoms with van der Waals surface area (Å²) in [4.78, 5) is 24.1. The lowest BCUT2D eigenvalue weighted by Crippen LogP contribution is -1.98. The zero-order valence-electron chi connectivity index (χ0n) is 10.2. The van der Waals surface area contributed by atoms with E-state index in [1.165, 1.54) is 19.2 Å². The third-order valence-electron chi connectivity index (χ3n) is 2.88. The van der Waals surface area contributed by atoms with Crippen LogP contribution in [-0.4, -0.2) is 28.1 Å². The Bertz CT molecular complexity index is 647. The molecule has 0 fully saturated rings. The van der Waals surface area contributed by atoms with Gasteiger partial charge in [-0.1, -0.05) is 0 Å². The van der Waals surface area contributed by atoms with E-state index in [0.29, 0.717) is 22.2 Å². The molecule has 0 saturated carbocycles. The molecule has 0 aliphatic heterocycles. The van der Waals surface area contributed by atoms with Crippen LogP contribution in [0.1, 0.15) is 12.0 Å². The molecule has 1 heterocycles. The Morgan fingerprint density at radius 3 is 2.84 bits per heavy atom. The number of ether oxygens (including phenoxy) is 1. The Kier molecular flexibility index (Phi) is 3.37. The molecule has 0 radical (unpaired) electrons. The number of carbonyl (C=O) groups is 1. The first-order chi connectivity index (χ1) is 9.04. The van der Waals surface area contributed by atoms with Gasteiger partial charge in [0.1, 0.15) is 5.75 Å². The number of nitrogens with zero attached hydrogens (tertiary/aromatic N) is 1. The molecule has 0 bridgehead atoms. The lowest BCUT2D eigenvalue weighted by Gasteiger charge is -2.03. The molecular formula is C12H12N2O5. The van der Waals surface area contributed by atoms with Gasteiger partial charge in [0.15, 0.2) is 0 Å². The third-order valence-corrected chi connectivity index (χ3v) is 2.88. The number of aromatic amines is 1. The molecule has 19 heavy (non-hydrogen) atoms. The standard InChI is InChI=1S/C12H12N2O5/c1-19-9-4-3-8(14(17)18)11-7(2-5-10(15)16)6-13-12(9)11/h3-4,6,13H,2,5H2,1H3,(H,15,16). The number of aryl methyl sites for hydroxylation is 1. The summed E-state index contributed by atoms with van der Waals surface area (Å²) in [6.07, 6.45) is 1.73. The summed E-state index contributed by atoms with van der Waals surface area (Å²) in [5.41, 5.74) is 1.05. The molecule has 0 spiro atoms. The Hall–Kier alpha value is -2.57. The number of non-ortho nitro benzene ring substituents is 1. The topological polar surface area (TPSA) is 105 Å². The van der Waals surface area contributed by atoms with Crippen LogP contribution in [0.5, 0.6) is 5.75 Å². The average Bonchev–Trinajstić information content (AvgIpc) is 2.78. The van der Waals surface area contributed by atoms with Crippen LogP contribution >= 0.6 is 0 Å². The van der Waals surface area contributed by atoms with E-state index in [4.69, 9.17) is 9.84 Å². The number of carboxylic acids is 1. The number of carboxylic acid groups (broad SMARTS) is 1. The highest BCUT2D eigenvalue weighted by atomic mass is 16.6. The second kappa shape index (κ2) is 4.97. The minimum absolute atomic E-state index is 0.0579. The third kappa shape index (κ3) is 2.35. The van der Waals surface area contributed by atoms with Gasteiger partial charge in [0.25, 0.3) is 5.69 Å². The Balaban J connectivity index is 2.59. The van der Waals surface area contributed by atoms with Gasteiger partial charge >= 0.3 is 5.97 Å². The fourth-order valence-corrected chi connectivity index (χ4v) is 2.03. The van der Waals surface area contributed by atoms with E-state index < -0.39 is 10.9 Å². The molecule has 7 heteroatoms. The van der Waals surface area contributed by atoms with E-state index >= 15 is 0 Å². The lowest BCUT2D eigenvalue weighted by molar-refractivity contribution is -0.383. The first kappa shape index (κ1) is 12.9. The van der Waals surface area contributed by atoms with Gasteiger partial charge in [-0.25, -0.2) is 0 Å². The first-order valence-electron chi connectivity index (χ1n) is 5.57. The van der Waals surface area contributed by atoms with Crippen LogP contribution in [0.4, 0.5) is 5.69 Å². The molecule has 0 unspecified atom stereocenters. The predicted octanol–water partition coefficient (Wildman–Crippen LogP) is 2.10. The number of nitrogens with one attached hydrogen (secondary N) is 1. The zero-order chi connectivity index (χ0) is 14.0. The van der Waals surface area contributed by atoms with E-state index in [2.05, 4.69) is 4.98 Å². The maximum atomic E-state index is 11.0. The van der Waals surface area contributed by atoms with E-state index in [0.717, 1.165) is 0 Å². The molecule has 100 valence electrons. The maximum absolute atomic E-state index is 11.0. The van der Waals surface area contributed by atoms with Crippen molar-refractivity contribution in [2.24, 2.45) is 0 Å². The summed E-state index contributed by atoms with van der Waals surface area (Å²) in [6.45, 7) is 0. The minimum Gasteiger partial charge on any atom is -0.495 e. The lowest BCUT2D eigenvalue weighted by atomic mass is 10.1. The molecular weight excluding hydrogens is 252 g/mol. The summed E-state index contributed by atoms with van der Waals surface area (Å²) in [7, 11) is 1.47. The minimum atomic E-state index is -0.945. The molecule has 0 aliphatic carbocycles. The average molecular weight is 264 g/mol. The highest BCUT2D eigenvalue weighted by Crippen LogP contribution is 2.35.